The first-order valence-corrected chi connectivity index (χ1v) is 10.3. The Hall–Kier alpha value is -2.15. The minimum Gasteiger partial charge on any atom is -0.464 e. The molecule has 1 atom stereocenters. The molecule has 7 heteroatoms. The summed E-state index contributed by atoms with van der Waals surface area (Å²) in [6.45, 7) is 6.35. The number of esters is 1. The highest BCUT2D eigenvalue weighted by Crippen LogP contribution is 2.20. The van der Waals surface area contributed by atoms with E-state index in [1.54, 1.807) is 24.0 Å². The number of rotatable bonds is 5. The standard InChI is InChI=1S/C21H30FN3O3/c1-2-28-21(27)19-6-3-4-13-25(19)20(26)16-23-11-5-12-24(15-14-23)18-9-7-17(22)8-10-18/h7-10,19H,2-6,11-16H2,1H3. The van der Waals surface area contributed by atoms with Gasteiger partial charge >= 0.3 is 5.97 Å². The van der Waals surface area contributed by atoms with Crippen molar-refractivity contribution >= 4 is 17.6 Å². The zero-order chi connectivity index (χ0) is 19.9. The number of likely N-dealkylation sites (tertiary alicyclic amines) is 1. The molecule has 1 aromatic rings. The van der Waals surface area contributed by atoms with E-state index in [1.807, 2.05) is 0 Å². The van der Waals surface area contributed by atoms with Crippen LogP contribution < -0.4 is 4.90 Å². The number of carbonyl (C=O) groups excluding carboxylic acids is 2. The Bertz CT molecular complexity index is 667. The predicted molar refractivity (Wildman–Crippen MR) is 106 cm³/mol. The number of piperidine rings is 1. The van der Waals surface area contributed by atoms with E-state index in [2.05, 4.69) is 9.80 Å². The van der Waals surface area contributed by atoms with Crippen LogP contribution in [0.2, 0.25) is 0 Å². The Balaban J connectivity index is 1.56. The van der Waals surface area contributed by atoms with Crippen molar-refractivity contribution in [2.45, 2.75) is 38.6 Å². The van der Waals surface area contributed by atoms with Crippen molar-refractivity contribution in [3.63, 3.8) is 0 Å². The first-order chi connectivity index (χ1) is 13.6. The number of anilines is 1. The lowest BCUT2D eigenvalue weighted by molar-refractivity contribution is -0.157. The molecule has 0 saturated carbocycles. The van der Waals surface area contributed by atoms with Crippen molar-refractivity contribution in [1.29, 1.82) is 0 Å². The lowest BCUT2D eigenvalue weighted by Gasteiger charge is -2.35. The highest BCUT2D eigenvalue weighted by Gasteiger charge is 2.33. The van der Waals surface area contributed by atoms with Crippen LogP contribution >= 0.6 is 0 Å². The van der Waals surface area contributed by atoms with E-state index in [1.165, 1.54) is 12.1 Å². The molecule has 1 aromatic carbocycles. The van der Waals surface area contributed by atoms with Gasteiger partial charge in [-0.25, -0.2) is 9.18 Å². The predicted octanol–water partition coefficient (Wildman–Crippen LogP) is 2.28. The van der Waals surface area contributed by atoms with Crippen LogP contribution in [0.3, 0.4) is 0 Å². The molecule has 2 saturated heterocycles. The van der Waals surface area contributed by atoms with Gasteiger partial charge in [0.05, 0.1) is 13.2 Å². The molecule has 0 N–H and O–H groups in total. The fourth-order valence-electron chi connectivity index (χ4n) is 4.03. The summed E-state index contributed by atoms with van der Waals surface area (Å²) in [5.74, 6) is -0.509. The zero-order valence-corrected chi connectivity index (χ0v) is 16.6. The number of nitrogens with zero attached hydrogens (tertiary/aromatic N) is 3. The summed E-state index contributed by atoms with van der Waals surface area (Å²) in [5.41, 5.74) is 1.01. The SMILES string of the molecule is CCOC(=O)C1CCCCN1C(=O)CN1CCCN(c2ccc(F)cc2)CC1. The molecule has 0 aromatic heterocycles. The van der Waals surface area contributed by atoms with Crippen LogP contribution in [-0.2, 0) is 14.3 Å². The number of hydrogen-bond donors (Lipinski definition) is 0. The van der Waals surface area contributed by atoms with Crippen LogP contribution in [0.5, 0.6) is 0 Å². The largest absolute Gasteiger partial charge is 0.464 e. The molecule has 3 rings (SSSR count). The van der Waals surface area contributed by atoms with Gasteiger partial charge in [0.15, 0.2) is 0 Å². The zero-order valence-electron chi connectivity index (χ0n) is 16.6. The topological polar surface area (TPSA) is 53.1 Å². The summed E-state index contributed by atoms with van der Waals surface area (Å²) in [7, 11) is 0. The molecule has 1 unspecified atom stereocenters. The molecule has 6 nitrogen and oxygen atoms in total. The van der Waals surface area contributed by atoms with Gasteiger partial charge in [-0.2, -0.15) is 0 Å². The van der Waals surface area contributed by atoms with Gasteiger partial charge in [-0.05, 0) is 56.9 Å². The van der Waals surface area contributed by atoms with Crippen molar-refractivity contribution < 1.29 is 18.7 Å². The molecule has 1 amide bonds. The van der Waals surface area contributed by atoms with Gasteiger partial charge in [0.25, 0.3) is 0 Å². The van der Waals surface area contributed by atoms with E-state index in [-0.39, 0.29) is 17.7 Å². The van der Waals surface area contributed by atoms with Gasteiger partial charge in [0.1, 0.15) is 11.9 Å². The molecule has 154 valence electrons. The second kappa shape index (κ2) is 9.87. The molecule has 0 bridgehead atoms. The number of amides is 1. The summed E-state index contributed by atoms with van der Waals surface area (Å²) in [6.07, 6.45) is 3.50. The molecular weight excluding hydrogens is 361 g/mol. The lowest BCUT2D eigenvalue weighted by Crippen LogP contribution is -2.52. The normalized spacial score (nSPS) is 21.3. The van der Waals surface area contributed by atoms with Crippen molar-refractivity contribution in [1.82, 2.24) is 9.80 Å². The third-order valence-corrected chi connectivity index (χ3v) is 5.52. The fraction of sp³-hybridized carbons (Fsp3) is 0.619. The monoisotopic (exact) mass is 391 g/mol. The Morgan fingerprint density at radius 3 is 2.57 bits per heavy atom. The molecule has 0 aliphatic carbocycles. The number of benzene rings is 1. The third kappa shape index (κ3) is 5.22. The quantitative estimate of drug-likeness (QED) is 0.721. The summed E-state index contributed by atoms with van der Waals surface area (Å²) >= 11 is 0. The van der Waals surface area contributed by atoms with E-state index in [0.29, 0.717) is 26.1 Å². The molecule has 28 heavy (non-hydrogen) atoms. The molecule has 2 fully saturated rings. The van der Waals surface area contributed by atoms with Gasteiger partial charge in [-0.1, -0.05) is 0 Å². The number of halogens is 1. The molecule has 2 heterocycles. The molecule has 0 radical (unpaired) electrons. The summed E-state index contributed by atoms with van der Waals surface area (Å²) in [6, 6.07) is 6.12. The highest BCUT2D eigenvalue weighted by molar-refractivity contribution is 5.85. The first-order valence-electron chi connectivity index (χ1n) is 10.3. The summed E-state index contributed by atoms with van der Waals surface area (Å²) in [5, 5.41) is 0. The maximum Gasteiger partial charge on any atom is 0.328 e. The second-order valence-corrected chi connectivity index (χ2v) is 7.44. The van der Waals surface area contributed by atoms with Crippen molar-refractivity contribution in [2.75, 3.05) is 50.8 Å². The van der Waals surface area contributed by atoms with E-state index < -0.39 is 6.04 Å². The van der Waals surface area contributed by atoms with Crippen LogP contribution in [0.4, 0.5) is 10.1 Å². The Labute approximate surface area is 166 Å². The minimum atomic E-state index is -0.441. The van der Waals surface area contributed by atoms with Gasteiger partial charge < -0.3 is 14.5 Å². The molecule has 2 aliphatic heterocycles. The van der Waals surface area contributed by atoms with Gasteiger partial charge in [0.2, 0.25) is 5.91 Å². The van der Waals surface area contributed by atoms with Gasteiger partial charge in [0, 0.05) is 38.4 Å². The lowest BCUT2D eigenvalue weighted by atomic mass is 10.0. The molecule has 2 aliphatic rings. The number of hydrogen-bond acceptors (Lipinski definition) is 5. The Morgan fingerprint density at radius 1 is 1.04 bits per heavy atom. The molecular formula is C21H30FN3O3. The average Bonchev–Trinajstić information content (AvgIpc) is 2.94. The van der Waals surface area contributed by atoms with Crippen molar-refractivity contribution in [2.24, 2.45) is 0 Å². The van der Waals surface area contributed by atoms with E-state index in [9.17, 15) is 14.0 Å². The highest BCUT2D eigenvalue weighted by atomic mass is 19.1. The van der Waals surface area contributed by atoms with Crippen LogP contribution in [0.1, 0.15) is 32.6 Å². The summed E-state index contributed by atoms with van der Waals surface area (Å²) in [4.78, 5) is 31.2. The first kappa shape index (κ1) is 20.6. The fourth-order valence-corrected chi connectivity index (χ4v) is 4.03. The average molecular weight is 391 g/mol. The smallest absolute Gasteiger partial charge is 0.328 e. The van der Waals surface area contributed by atoms with Crippen LogP contribution in [0.15, 0.2) is 24.3 Å². The second-order valence-electron chi connectivity index (χ2n) is 7.44. The Kier molecular flexibility index (Phi) is 7.25. The van der Waals surface area contributed by atoms with Crippen LogP contribution in [0.25, 0.3) is 0 Å². The van der Waals surface area contributed by atoms with E-state index in [0.717, 1.165) is 51.1 Å². The maximum atomic E-state index is 13.2. The van der Waals surface area contributed by atoms with Crippen molar-refractivity contribution in [3.05, 3.63) is 30.1 Å². The number of ether oxygens (including phenoxy) is 1. The van der Waals surface area contributed by atoms with E-state index in [4.69, 9.17) is 4.74 Å². The van der Waals surface area contributed by atoms with E-state index >= 15 is 0 Å². The summed E-state index contributed by atoms with van der Waals surface area (Å²) < 4.78 is 18.3. The van der Waals surface area contributed by atoms with Gasteiger partial charge in [-0.3, -0.25) is 9.69 Å². The van der Waals surface area contributed by atoms with Gasteiger partial charge in [-0.15, -0.1) is 0 Å². The number of carbonyl (C=O) groups is 2. The minimum absolute atomic E-state index is 0.00739. The van der Waals surface area contributed by atoms with Crippen LogP contribution in [0, 0.1) is 5.82 Å². The Morgan fingerprint density at radius 2 is 1.82 bits per heavy atom. The van der Waals surface area contributed by atoms with Crippen molar-refractivity contribution in [3.8, 4) is 0 Å². The van der Waals surface area contributed by atoms with Crippen LogP contribution in [-0.4, -0.2) is 73.6 Å². The molecule has 0 spiro atoms. The third-order valence-electron chi connectivity index (χ3n) is 5.52. The maximum absolute atomic E-state index is 13.2.